The third-order valence-corrected chi connectivity index (χ3v) is 7.00. The van der Waals surface area contributed by atoms with Crippen LogP contribution in [0.25, 0.3) is 51.2 Å². The molecule has 6 aromatic rings. The zero-order valence-electron chi connectivity index (χ0n) is 22.2. The van der Waals surface area contributed by atoms with Crippen molar-refractivity contribution in [1.82, 2.24) is 9.55 Å². The number of para-hydroxylation sites is 3. The first-order chi connectivity index (χ1) is 18.5. The van der Waals surface area contributed by atoms with Crippen LogP contribution in [-0.4, -0.2) is 9.55 Å². The molecule has 2 heterocycles. The lowest BCUT2D eigenvalue weighted by molar-refractivity contribution is 0.575. The molecule has 0 unspecified atom stereocenters. The highest BCUT2D eigenvalue weighted by Gasteiger charge is 2.17. The van der Waals surface area contributed by atoms with Crippen molar-refractivity contribution in [2.24, 2.45) is 0 Å². The van der Waals surface area contributed by atoms with Crippen LogP contribution in [0.15, 0.2) is 101 Å². The molecular weight excluding hydrogens is 464 g/mol. The maximum absolute atomic E-state index is 6.23. The number of imidazole rings is 1. The second-order valence-corrected chi connectivity index (χ2v) is 9.84. The minimum atomic E-state index is 0.857. The molecule has 3 nitrogen and oxygen atoms in total. The number of rotatable bonds is 4. The van der Waals surface area contributed by atoms with Crippen LogP contribution in [-0.2, 0) is 0 Å². The monoisotopic (exact) mass is 494 g/mol. The van der Waals surface area contributed by atoms with E-state index in [9.17, 15) is 0 Å². The summed E-state index contributed by atoms with van der Waals surface area (Å²) in [6.45, 7) is 8.53. The summed E-state index contributed by atoms with van der Waals surface area (Å²) in [5.74, 6) is 0.943. The van der Waals surface area contributed by atoms with E-state index in [-0.39, 0.29) is 0 Å². The van der Waals surface area contributed by atoms with Crippen LogP contribution in [0.3, 0.4) is 0 Å². The Kier molecular flexibility index (Phi) is 6.05. The van der Waals surface area contributed by atoms with E-state index in [4.69, 9.17) is 9.40 Å². The van der Waals surface area contributed by atoms with Gasteiger partial charge in [0.2, 0.25) is 0 Å². The van der Waals surface area contributed by atoms with Gasteiger partial charge in [0.1, 0.15) is 16.8 Å². The van der Waals surface area contributed by atoms with E-state index < -0.39 is 0 Å². The molecule has 2 aromatic heterocycles. The summed E-state index contributed by atoms with van der Waals surface area (Å²) < 4.78 is 8.54. The first-order valence-electron chi connectivity index (χ1n) is 13.0. The van der Waals surface area contributed by atoms with Gasteiger partial charge in [0.25, 0.3) is 0 Å². The Bertz CT molecular complexity index is 1930. The summed E-state index contributed by atoms with van der Waals surface area (Å²) >= 11 is 0. The first-order valence-corrected chi connectivity index (χ1v) is 13.0. The van der Waals surface area contributed by atoms with Gasteiger partial charge in [0.15, 0.2) is 0 Å². The Morgan fingerprint density at radius 2 is 1.53 bits per heavy atom. The van der Waals surface area contributed by atoms with E-state index in [1.54, 1.807) is 0 Å². The molecule has 0 aliphatic carbocycles. The van der Waals surface area contributed by atoms with Crippen molar-refractivity contribution in [2.75, 3.05) is 0 Å². The molecule has 0 atom stereocenters. The lowest BCUT2D eigenvalue weighted by Crippen LogP contribution is -2.19. The lowest BCUT2D eigenvalue weighted by atomic mass is 10.0. The molecule has 0 aliphatic heterocycles. The van der Waals surface area contributed by atoms with Gasteiger partial charge in [-0.3, -0.25) is 4.57 Å². The zero-order valence-corrected chi connectivity index (χ0v) is 22.2. The quantitative estimate of drug-likeness (QED) is 0.253. The van der Waals surface area contributed by atoms with Gasteiger partial charge in [-0.25, -0.2) is 4.98 Å². The molecule has 0 saturated heterocycles. The minimum Gasteiger partial charge on any atom is -0.456 e. The van der Waals surface area contributed by atoms with Crippen LogP contribution in [0.2, 0.25) is 0 Å². The lowest BCUT2D eigenvalue weighted by Gasteiger charge is -2.16. The third kappa shape index (κ3) is 4.16. The maximum atomic E-state index is 6.23. The van der Waals surface area contributed by atoms with Crippen LogP contribution in [0.5, 0.6) is 0 Å². The van der Waals surface area contributed by atoms with Crippen molar-refractivity contribution in [3.8, 4) is 17.1 Å². The highest BCUT2D eigenvalue weighted by atomic mass is 16.3. The van der Waals surface area contributed by atoms with Crippen LogP contribution >= 0.6 is 0 Å². The second-order valence-electron chi connectivity index (χ2n) is 9.84. The highest BCUT2D eigenvalue weighted by molar-refractivity contribution is 5.84. The number of hydrogen-bond acceptors (Lipinski definition) is 2. The summed E-state index contributed by atoms with van der Waals surface area (Å²) in [5, 5.41) is 2.21. The molecule has 0 aliphatic rings. The molecule has 0 bridgehead atoms. The first kappa shape index (κ1) is 23.7. The zero-order chi connectivity index (χ0) is 26.2. The van der Waals surface area contributed by atoms with Gasteiger partial charge in [-0.2, -0.15) is 0 Å². The Morgan fingerprint density at radius 3 is 2.29 bits per heavy atom. The minimum absolute atomic E-state index is 0.857. The fourth-order valence-electron chi connectivity index (χ4n) is 5.41. The normalized spacial score (nSPS) is 12.9. The number of furan rings is 1. The number of nitrogens with zero attached hydrogens (tertiary/aromatic N) is 2. The molecule has 186 valence electrons. The number of hydrogen-bond donors (Lipinski definition) is 0. The smallest absolute Gasteiger partial charge is 0.145 e. The topological polar surface area (TPSA) is 31.0 Å². The second kappa shape index (κ2) is 9.68. The Labute approximate surface area is 222 Å². The molecule has 0 radical (unpaired) electrons. The van der Waals surface area contributed by atoms with Gasteiger partial charge in [0, 0.05) is 16.2 Å². The summed E-state index contributed by atoms with van der Waals surface area (Å²) in [4.78, 5) is 5.08. The van der Waals surface area contributed by atoms with Crippen molar-refractivity contribution < 1.29 is 4.42 Å². The van der Waals surface area contributed by atoms with E-state index in [0.29, 0.717) is 0 Å². The average molecular weight is 495 g/mol. The van der Waals surface area contributed by atoms with E-state index in [0.717, 1.165) is 49.6 Å². The number of aryl methyl sites for hydroxylation is 3. The van der Waals surface area contributed by atoms with Crippen LogP contribution < -0.4 is 10.6 Å². The molecule has 4 aromatic carbocycles. The molecule has 0 N–H and O–H groups in total. The van der Waals surface area contributed by atoms with Crippen molar-refractivity contribution in [2.45, 2.75) is 27.7 Å². The number of fused-ring (bicyclic) bond motifs is 2. The van der Waals surface area contributed by atoms with Crippen LogP contribution in [0, 0.1) is 20.8 Å². The highest BCUT2D eigenvalue weighted by Crippen LogP contribution is 2.32. The third-order valence-electron chi connectivity index (χ3n) is 7.00. The molecule has 0 saturated carbocycles. The van der Waals surface area contributed by atoms with Gasteiger partial charge < -0.3 is 4.42 Å². The van der Waals surface area contributed by atoms with Gasteiger partial charge in [-0.1, -0.05) is 90.5 Å². The standard InChI is InChI=1S/C35H30N2O/c1-5-6-11-29-28-12-7-10-15-32(28)38-33(29)22-26-16-18-27(19-17-26)35-36-30-13-8-9-14-31(30)37(35)34-24(3)20-23(2)21-25(34)4/h5-22H,1-4H3/b6-5-,29-11-,33-22-. The van der Waals surface area contributed by atoms with Crippen LogP contribution in [0.4, 0.5) is 0 Å². The molecular formula is C35H30N2O. The van der Waals surface area contributed by atoms with E-state index >= 15 is 0 Å². The molecule has 0 fully saturated rings. The predicted molar refractivity (Wildman–Crippen MR) is 159 cm³/mol. The Morgan fingerprint density at radius 1 is 0.816 bits per heavy atom. The van der Waals surface area contributed by atoms with Crippen molar-refractivity contribution in [3.05, 3.63) is 130 Å². The molecule has 0 spiro atoms. The average Bonchev–Trinajstić information content (AvgIpc) is 3.46. The Balaban J connectivity index is 1.50. The molecule has 3 heteroatoms. The van der Waals surface area contributed by atoms with Crippen molar-refractivity contribution in [3.63, 3.8) is 0 Å². The predicted octanol–water partition coefficient (Wildman–Crippen LogP) is 7.55. The Hall–Kier alpha value is -4.63. The van der Waals surface area contributed by atoms with Crippen LogP contribution in [0.1, 0.15) is 29.2 Å². The van der Waals surface area contributed by atoms with E-state index in [1.165, 1.54) is 22.4 Å². The largest absolute Gasteiger partial charge is 0.456 e. The number of allylic oxidation sites excluding steroid dienone is 2. The summed E-state index contributed by atoms with van der Waals surface area (Å²) in [6, 6.07) is 29.6. The number of aromatic nitrogens is 2. The fraction of sp³-hybridized carbons (Fsp3) is 0.114. The van der Waals surface area contributed by atoms with E-state index in [2.05, 4.69) is 104 Å². The fourth-order valence-corrected chi connectivity index (χ4v) is 5.41. The van der Waals surface area contributed by atoms with Gasteiger partial charge in [-0.15, -0.1) is 0 Å². The van der Waals surface area contributed by atoms with Gasteiger partial charge >= 0.3 is 0 Å². The number of benzene rings is 4. The van der Waals surface area contributed by atoms with Gasteiger partial charge in [0.05, 0.1) is 16.7 Å². The molecule has 38 heavy (non-hydrogen) atoms. The summed E-state index contributed by atoms with van der Waals surface area (Å²) in [5.41, 5.74) is 10.9. The maximum Gasteiger partial charge on any atom is 0.145 e. The summed E-state index contributed by atoms with van der Waals surface area (Å²) in [6.07, 6.45) is 8.30. The SMILES string of the molecule is C\C=C/C=c1\c(=C\c2ccc(-c3nc4ccccc4n3-c3c(C)cc(C)cc3C)cc2)oc2ccccc12. The van der Waals surface area contributed by atoms with Gasteiger partial charge in [-0.05, 0) is 68.7 Å². The molecule has 6 rings (SSSR count). The molecule has 0 amide bonds. The van der Waals surface area contributed by atoms with E-state index in [1.807, 2.05) is 37.3 Å². The summed E-state index contributed by atoms with van der Waals surface area (Å²) in [7, 11) is 0. The van der Waals surface area contributed by atoms with Crippen molar-refractivity contribution >= 4 is 34.2 Å². The van der Waals surface area contributed by atoms with Crippen molar-refractivity contribution in [1.29, 1.82) is 0 Å².